The molecule has 162 valence electrons. The fraction of sp³-hybridized carbons (Fsp3) is 0.0667. The smallest absolute Gasteiger partial charge is 0.133 e. The molecule has 33 heavy (non-hydrogen) atoms. The van der Waals surface area contributed by atoms with Crippen LogP contribution in [0.5, 0.6) is 11.5 Å². The summed E-state index contributed by atoms with van der Waals surface area (Å²) in [6.07, 6.45) is 3.78. The predicted molar refractivity (Wildman–Crippen MR) is 140 cm³/mol. The van der Waals surface area contributed by atoms with E-state index < -0.39 is 0 Å². The Kier molecular flexibility index (Phi) is 7.57. The van der Waals surface area contributed by atoms with E-state index in [0.717, 1.165) is 44.1 Å². The van der Waals surface area contributed by atoms with E-state index in [-0.39, 0.29) is 0 Å². The molecule has 2 nitrogen and oxygen atoms in total. The molecule has 0 aliphatic carbocycles. The molecule has 0 saturated heterocycles. The van der Waals surface area contributed by atoms with E-state index in [1.54, 1.807) is 0 Å². The summed E-state index contributed by atoms with van der Waals surface area (Å²) in [6, 6.07) is 32.6. The van der Waals surface area contributed by atoms with Gasteiger partial charge in [0.25, 0.3) is 0 Å². The van der Waals surface area contributed by atoms with Crippen LogP contribution in [0, 0.1) is 0 Å². The Balaban J connectivity index is 1.64. The van der Waals surface area contributed by atoms with Crippen LogP contribution in [-0.4, -0.2) is 9.52 Å². The van der Waals surface area contributed by atoms with Gasteiger partial charge < -0.3 is 9.47 Å². The highest BCUT2D eigenvalue weighted by Crippen LogP contribution is 2.18. The molecule has 0 aromatic heterocycles. The molecule has 0 aliphatic heterocycles. The highest BCUT2D eigenvalue weighted by atomic mass is 28.2. The third-order valence-corrected chi connectivity index (χ3v) is 6.85. The molecule has 0 unspecified atom stereocenters. The predicted octanol–water partition coefficient (Wildman–Crippen LogP) is 5.79. The van der Waals surface area contributed by atoms with Crippen molar-refractivity contribution in [1.82, 2.24) is 0 Å². The van der Waals surface area contributed by atoms with Gasteiger partial charge in [0.15, 0.2) is 0 Å². The maximum Gasteiger partial charge on any atom is 0.133 e. The Morgan fingerprint density at radius 1 is 0.545 bits per heavy atom. The van der Waals surface area contributed by atoms with E-state index in [2.05, 4.69) is 49.6 Å². The van der Waals surface area contributed by atoms with Crippen LogP contribution < -0.4 is 19.8 Å². The van der Waals surface area contributed by atoms with Crippen molar-refractivity contribution in [3.8, 4) is 11.5 Å². The van der Waals surface area contributed by atoms with Crippen LogP contribution in [0.4, 0.5) is 0 Å². The van der Waals surface area contributed by atoms with E-state index in [4.69, 9.17) is 9.47 Å². The lowest BCUT2D eigenvalue weighted by molar-refractivity contribution is 0.308. The lowest BCUT2D eigenvalue weighted by Gasteiger charge is -2.18. The molecule has 0 N–H and O–H groups in total. The first-order valence-corrected chi connectivity index (χ1v) is 11.9. The summed E-state index contributed by atoms with van der Waals surface area (Å²) in [4.78, 5) is 0. The maximum absolute atomic E-state index is 6.27. The van der Waals surface area contributed by atoms with Gasteiger partial charge in [-0.05, 0) is 44.8 Å². The zero-order valence-corrected chi connectivity index (χ0v) is 19.5. The second-order valence-corrected chi connectivity index (χ2v) is 8.77. The molecule has 0 fully saturated rings. The summed E-state index contributed by atoms with van der Waals surface area (Å²) in [5, 5.41) is 2.23. The summed E-state index contributed by atoms with van der Waals surface area (Å²) in [6.45, 7) is 9.09. The molecule has 0 spiro atoms. The van der Waals surface area contributed by atoms with Gasteiger partial charge >= 0.3 is 0 Å². The van der Waals surface area contributed by atoms with E-state index >= 15 is 0 Å². The molecule has 0 bridgehead atoms. The third kappa shape index (κ3) is 5.70. The monoisotopic (exact) mass is 446 g/mol. The Morgan fingerprint density at radius 2 is 0.970 bits per heavy atom. The van der Waals surface area contributed by atoms with Crippen LogP contribution >= 0.6 is 0 Å². The lowest BCUT2D eigenvalue weighted by atomic mass is 10.2. The van der Waals surface area contributed by atoms with Crippen molar-refractivity contribution in [3.05, 3.63) is 132 Å². The molecule has 4 aromatic rings. The Bertz CT molecular complexity index is 1120. The van der Waals surface area contributed by atoms with Crippen molar-refractivity contribution < 1.29 is 9.47 Å². The topological polar surface area (TPSA) is 18.5 Å². The Labute approximate surface area is 198 Å². The van der Waals surface area contributed by atoms with Gasteiger partial charge in [0.2, 0.25) is 0 Å². The molecule has 0 atom stereocenters. The summed E-state index contributed by atoms with van der Waals surface area (Å²) >= 11 is 0. The summed E-state index contributed by atoms with van der Waals surface area (Å²) < 4.78 is 12.5. The largest absolute Gasteiger partial charge is 0.489 e. The molecule has 0 saturated carbocycles. The third-order valence-electron chi connectivity index (χ3n) is 5.28. The van der Waals surface area contributed by atoms with Crippen LogP contribution in [0.2, 0.25) is 0 Å². The van der Waals surface area contributed by atoms with Crippen molar-refractivity contribution in [3.63, 3.8) is 0 Å². The molecule has 2 radical (unpaired) electrons. The Morgan fingerprint density at radius 3 is 1.36 bits per heavy atom. The quantitative estimate of drug-likeness (QED) is 0.287. The fourth-order valence-electron chi connectivity index (χ4n) is 3.54. The molecule has 4 aromatic carbocycles. The van der Waals surface area contributed by atoms with Crippen LogP contribution in [0.1, 0.15) is 22.3 Å². The van der Waals surface area contributed by atoms with E-state index in [1.807, 2.05) is 72.8 Å². The fourth-order valence-corrected chi connectivity index (χ4v) is 5.01. The first-order valence-electron chi connectivity index (χ1n) is 10.9. The molecule has 0 amide bonds. The average Bonchev–Trinajstić information content (AvgIpc) is 2.88. The van der Waals surface area contributed by atoms with E-state index in [9.17, 15) is 0 Å². The van der Waals surface area contributed by atoms with E-state index in [0.29, 0.717) is 22.7 Å². The number of ether oxygens (including phenoxy) is 2. The van der Waals surface area contributed by atoms with Crippen LogP contribution in [0.25, 0.3) is 12.2 Å². The summed E-state index contributed by atoms with van der Waals surface area (Å²) in [7, 11) is 0.328. The van der Waals surface area contributed by atoms with E-state index in [1.165, 1.54) is 0 Å². The second-order valence-electron chi connectivity index (χ2n) is 7.52. The van der Waals surface area contributed by atoms with Crippen LogP contribution in [0.3, 0.4) is 0 Å². The lowest BCUT2D eigenvalue weighted by Crippen LogP contribution is -2.33. The molecule has 4 rings (SSSR count). The Hall–Kier alpha value is -3.82. The zero-order chi connectivity index (χ0) is 22.9. The molecule has 0 heterocycles. The molecular weight excluding hydrogens is 420 g/mol. The normalized spacial score (nSPS) is 10.4. The van der Waals surface area contributed by atoms with Crippen LogP contribution in [0.15, 0.2) is 110 Å². The molecule has 0 aliphatic rings. The number of rotatable bonds is 10. The van der Waals surface area contributed by atoms with Crippen molar-refractivity contribution >= 4 is 32.0 Å². The zero-order valence-electron chi connectivity index (χ0n) is 18.5. The standard InChI is InChI=1S/C30H26O2Si/c1-3-25-17-11-19-27(31-21-23-13-7-5-8-14-23)29(25)33-30-26(4-2)18-12-20-28(30)32-22-24-15-9-6-10-16-24/h3-20H,1-2,21-22H2. The highest BCUT2D eigenvalue weighted by Gasteiger charge is 2.16. The number of benzene rings is 4. The van der Waals surface area contributed by atoms with Gasteiger partial charge in [-0.3, -0.25) is 0 Å². The van der Waals surface area contributed by atoms with Crippen molar-refractivity contribution in [1.29, 1.82) is 0 Å². The first kappa shape index (κ1) is 22.4. The van der Waals surface area contributed by atoms with Crippen molar-refractivity contribution in [2.75, 3.05) is 0 Å². The minimum absolute atomic E-state index is 0.328. The van der Waals surface area contributed by atoms with Gasteiger partial charge in [-0.2, -0.15) is 0 Å². The SMILES string of the molecule is C=Cc1cccc(OCc2ccccc2)c1[Si]c1c(C=C)cccc1OCc1ccccc1. The number of hydrogen-bond acceptors (Lipinski definition) is 2. The van der Waals surface area contributed by atoms with Gasteiger partial charge in [0.05, 0.1) is 0 Å². The summed E-state index contributed by atoms with van der Waals surface area (Å²) in [5.74, 6) is 1.73. The minimum atomic E-state index is 0.328. The van der Waals surface area contributed by atoms with Crippen molar-refractivity contribution in [2.45, 2.75) is 13.2 Å². The average molecular weight is 447 g/mol. The second kappa shape index (κ2) is 11.2. The highest BCUT2D eigenvalue weighted by molar-refractivity contribution is 6.70. The van der Waals surface area contributed by atoms with Gasteiger partial charge in [-0.15, -0.1) is 0 Å². The van der Waals surface area contributed by atoms with Crippen molar-refractivity contribution in [2.24, 2.45) is 0 Å². The maximum atomic E-state index is 6.27. The minimum Gasteiger partial charge on any atom is -0.489 e. The summed E-state index contributed by atoms with van der Waals surface area (Å²) in [5.41, 5.74) is 4.39. The van der Waals surface area contributed by atoms with Gasteiger partial charge in [0.1, 0.15) is 34.2 Å². The van der Waals surface area contributed by atoms with Gasteiger partial charge in [-0.25, -0.2) is 0 Å². The molecular formula is C30H26O2Si. The molecule has 3 heteroatoms. The number of hydrogen-bond donors (Lipinski definition) is 0. The van der Waals surface area contributed by atoms with Crippen LogP contribution in [-0.2, 0) is 13.2 Å². The van der Waals surface area contributed by atoms with Gasteiger partial charge in [-0.1, -0.05) is 110 Å². The van der Waals surface area contributed by atoms with Gasteiger partial charge in [0, 0.05) is 0 Å². The first-order chi connectivity index (χ1) is 16.3.